The Hall–Kier alpha value is -0.740. The number of rotatable bonds is 10. The molecular formula is C14H25F3O2. The van der Waals surface area contributed by atoms with Gasteiger partial charge in [0, 0.05) is 6.92 Å². The Morgan fingerprint density at radius 2 is 1.47 bits per heavy atom. The number of halogens is 3. The SMILES string of the molecule is CCCCCCCCCCC(OC(C)=O)C(F)(F)F. The van der Waals surface area contributed by atoms with E-state index in [4.69, 9.17) is 0 Å². The summed E-state index contributed by atoms with van der Waals surface area (Å²) in [5.41, 5.74) is 0. The van der Waals surface area contributed by atoms with Gasteiger partial charge in [0.2, 0.25) is 0 Å². The third kappa shape index (κ3) is 10.8. The van der Waals surface area contributed by atoms with Crippen LogP contribution >= 0.6 is 0 Å². The first-order chi connectivity index (χ1) is 8.88. The second-order valence-corrected chi connectivity index (χ2v) is 4.90. The molecule has 0 rings (SSSR count). The predicted molar refractivity (Wildman–Crippen MR) is 68.8 cm³/mol. The van der Waals surface area contributed by atoms with Crippen molar-refractivity contribution >= 4 is 5.97 Å². The van der Waals surface area contributed by atoms with Crippen molar-refractivity contribution in [1.82, 2.24) is 0 Å². The van der Waals surface area contributed by atoms with Gasteiger partial charge in [0.25, 0.3) is 0 Å². The lowest BCUT2D eigenvalue weighted by Crippen LogP contribution is -2.33. The van der Waals surface area contributed by atoms with E-state index >= 15 is 0 Å². The van der Waals surface area contributed by atoms with Crippen molar-refractivity contribution in [2.75, 3.05) is 0 Å². The van der Waals surface area contributed by atoms with Gasteiger partial charge in [-0.1, -0.05) is 51.9 Å². The molecule has 0 saturated carbocycles. The lowest BCUT2D eigenvalue weighted by Gasteiger charge is -2.19. The minimum absolute atomic E-state index is 0.127. The Bertz CT molecular complexity index is 239. The normalized spacial score (nSPS) is 13.3. The lowest BCUT2D eigenvalue weighted by molar-refractivity contribution is -0.221. The molecule has 114 valence electrons. The molecule has 0 aromatic heterocycles. The summed E-state index contributed by atoms with van der Waals surface area (Å²) in [7, 11) is 0. The van der Waals surface area contributed by atoms with Crippen LogP contribution in [0.5, 0.6) is 0 Å². The summed E-state index contributed by atoms with van der Waals surface area (Å²) in [6, 6.07) is 0. The minimum atomic E-state index is -4.45. The topological polar surface area (TPSA) is 26.3 Å². The number of esters is 1. The standard InChI is InChI=1S/C14H25F3O2/c1-3-4-5-6-7-8-9-10-11-13(14(15,16)17)19-12(2)18/h13H,3-11H2,1-2H3. The van der Waals surface area contributed by atoms with Crippen LogP contribution in [0.15, 0.2) is 0 Å². The van der Waals surface area contributed by atoms with Gasteiger partial charge in [0.1, 0.15) is 0 Å². The molecule has 0 aromatic carbocycles. The van der Waals surface area contributed by atoms with E-state index in [2.05, 4.69) is 11.7 Å². The fourth-order valence-corrected chi connectivity index (χ4v) is 1.95. The molecule has 2 nitrogen and oxygen atoms in total. The lowest BCUT2D eigenvalue weighted by atomic mass is 10.1. The molecule has 0 aliphatic carbocycles. The molecule has 5 heteroatoms. The van der Waals surface area contributed by atoms with E-state index in [1.807, 2.05) is 0 Å². The molecule has 0 aliphatic heterocycles. The van der Waals surface area contributed by atoms with Gasteiger partial charge in [-0.15, -0.1) is 0 Å². The summed E-state index contributed by atoms with van der Waals surface area (Å²) in [4.78, 5) is 10.6. The molecule has 0 aromatic rings. The average Bonchev–Trinajstić information content (AvgIpc) is 2.29. The van der Waals surface area contributed by atoms with Gasteiger partial charge in [-0.05, 0) is 12.8 Å². The van der Waals surface area contributed by atoms with Crippen molar-refractivity contribution in [3.8, 4) is 0 Å². The number of hydrogen-bond donors (Lipinski definition) is 0. The zero-order valence-electron chi connectivity index (χ0n) is 11.9. The van der Waals surface area contributed by atoms with E-state index in [1.54, 1.807) is 0 Å². The fraction of sp³-hybridized carbons (Fsp3) is 0.929. The number of carbonyl (C=O) groups excluding carboxylic acids is 1. The van der Waals surface area contributed by atoms with Crippen molar-refractivity contribution in [2.24, 2.45) is 0 Å². The summed E-state index contributed by atoms with van der Waals surface area (Å²) < 4.78 is 41.9. The fourth-order valence-electron chi connectivity index (χ4n) is 1.95. The third-order valence-electron chi connectivity index (χ3n) is 2.99. The van der Waals surface area contributed by atoms with Gasteiger partial charge in [0.05, 0.1) is 0 Å². The van der Waals surface area contributed by atoms with Crippen LogP contribution in [0.2, 0.25) is 0 Å². The second-order valence-electron chi connectivity index (χ2n) is 4.90. The van der Waals surface area contributed by atoms with Crippen molar-refractivity contribution in [1.29, 1.82) is 0 Å². The first-order valence-electron chi connectivity index (χ1n) is 7.11. The van der Waals surface area contributed by atoms with Gasteiger partial charge in [-0.3, -0.25) is 4.79 Å². The van der Waals surface area contributed by atoms with Gasteiger partial charge in [0.15, 0.2) is 6.10 Å². The Morgan fingerprint density at radius 3 is 1.89 bits per heavy atom. The summed E-state index contributed by atoms with van der Waals surface area (Å²) in [6.45, 7) is 3.15. The molecule has 0 N–H and O–H groups in total. The number of carbonyl (C=O) groups is 1. The molecule has 0 heterocycles. The molecule has 0 amide bonds. The quantitative estimate of drug-likeness (QED) is 0.416. The molecule has 0 aliphatic rings. The zero-order chi connectivity index (χ0) is 14.7. The Morgan fingerprint density at radius 1 is 1.00 bits per heavy atom. The van der Waals surface area contributed by atoms with Crippen LogP contribution < -0.4 is 0 Å². The molecule has 1 atom stereocenters. The molecule has 0 fully saturated rings. The van der Waals surface area contributed by atoms with Crippen LogP contribution in [0.3, 0.4) is 0 Å². The number of alkyl halides is 3. The largest absolute Gasteiger partial charge is 0.453 e. The highest BCUT2D eigenvalue weighted by molar-refractivity contribution is 5.66. The highest BCUT2D eigenvalue weighted by Crippen LogP contribution is 2.27. The van der Waals surface area contributed by atoms with Gasteiger partial charge in [-0.2, -0.15) is 13.2 Å². The molecular weight excluding hydrogens is 257 g/mol. The summed E-state index contributed by atoms with van der Waals surface area (Å²) in [5, 5.41) is 0. The van der Waals surface area contributed by atoms with Gasteiger partial charge in [-0.25, -0.2) is 0 Å². The van der Waals surface area contributed by atoms with Gasteiger partial charge >= 0.3 is 12.1 Å². The van der Waals surface area contributed by atoms with Crippen LogP contribution in [0, 0.1) is 0 Å². The molecule has 0 bridgehead atoms. The molecule has 0 saturated heterocycles. The summed E-state index contributed by atoms with van der Waals surface area (Å²) in [5.74, 6) is -0.873. The number of unbranched alkanes of at least 4 members (excludes halogenated alkanes) is 7. The summed E-state index contributed by atoms with van der Waals surface area (Å²) in [6.07, 6.45) is 1.49. The Balaban J connectivity index is 3.67. The Kier molecular flexibility index (Phi) is 9.70. The van der Waals surface area contributed by atoms with Crippen molar-refractivity contribution < 1.29 is 22.7 Å². The maximum Gasteiger partial charge on any atom is 0.425 e. The summed E-state index contributed by atoms with van der Waals surface area (Å²) >= 11 is 0. The van der Waals surface area contributed by atoms with E-state index < -0.39 is 18.2 Å². The van der Waals surface area contributed by atoms with Crippen LogP contribution in [0.25, 0.3) is 0 Å². The first kappa shape index (κ1) is 18.3. The van der Waals surface area contributed by atoms with E-state index in [1.165, 1.54) is 19.3 Å². The maximum atomic E-state index is 12.5. The number of ether oxygens (including phenoxy) is 1. The zero-order valence-corrected chi connectivity index (χ0v) is 11.9. The monoisotopic (exact) mass is 282 g/mol. The molecule has 19 heavy (non-hydrogen) atoms. The van der Waals surface area contributed by atoms with E-state index in [0.717, 1.165) is 32.6 Å². The first-order valence-corrected chi connectivity index (χ1v) is 7.11. The van der Waals surface area contributed by atoms with Crippen molar-refractivity contribution in [3.63, 3.8) is 0 Å². The number of hydrogen-bond acceptors (Lipinski definition) is 2. The average molecular weight is 282 g/mol. The van der Waals surface area contributed by atoms with E-state index in [-0.39, 0.29) is 6.42 Å². The smallest absolute Gasteiger partial charge is 0.425 e. The van der Waals surface area contributed by atoms with Crippen LogP contribution in [0.4, 0.5) is 13.2 Å². The van der Waals surface area contributed by atoms with Crippen molar-refractivity contribution in [3.05, 3.63) is 0 Å². The Labute approximate surface area is 113 Å². The van der Waals surface area contributed by atoms with Crippen molar-refractivity contribution in [2.45, 2.75) is 83.9 Å². The minimum Gasteiger partial charge on any atom is -0.453 e. The highest BCUT2D eigenvalue weighted by atomic mass is 19.4. The maximum absolute atomic E-state index is 12.5. The van der Waals surface area contributed by atoms with Crippen LogP contribution in [0.1, 0.15) is 71.6 Å². The van der Waals surface area contributed by atoms with Gasteiger partial charge < -0.3 is 4.74 Å². The molecule has 1 unspecified atom stereocenters. The third-order valence-corrected chi connectivity index (χ3v) is 2.99. The predicted octanol–water partition coefficient (Wildman–Crippen LogP) is 5.01. The highest BCUT2D eigenvalue weighted by Gasteiger charge is 2.41. The van der Waals surface area contributed by atoms with Crippen LogP contribution in [-0.4, -0.2) is 18.2 Å². The van der Waals surface area contributed by atoms with Crippen LogP contribution in [-0.2, 0) is 9.53 Å². The van der Waals surface area contributed by atoms with E-state index in [0.29, 0.717) is 6.42 Å². The second kappa shape index (κ2) is 10.1. The molecule has 0 spiro atoms. The molecule has 0 radical (unpaired) electrons. The van der Waals surface area contributed by atoms with E-state index in [9.17, 15) is 18.0 Å².